The van der Waals surface area contributed by atoms with Crippen LogP contribution in [0.5, 0.6) is 0 Å². The number of H-pyrrole nitrogens is 1. The highest BCUT2D eigenvalue weighted by molar-refractivity contribution is 6.04. The molecule has 0 radical (unpaired) electrons. The molecule has 10 heteroatoms. The van der Waals surface area contributed by atoms with Gasteiger partial charge in [0.1, 0.15) is 5.82 Å². The Morgan fingerprint density at radius 3 is 2.97 bits per heavy atom. The minimum absolute atomic E-state index is 0.0710. The molecular weight excluding hydrogens is 442 g/mol. The lowest BCUT2D eigenvalue weighted by Gasteiger charge is -2.31. The average Bonchev–Trinajstić information content (AvgIpc) is 3.51. The standard InChI is InChI=1S/C25H27N9O/c1-15-3-2-6-27-23(15)32-25-30-20-12-18(22(13-21(20)31-25)34-9-7-26-8-10-34)24(35)29-17-5-4-16-14-28-33-19(16)11-17/h2-6,11-14,16,19,26,33H,7-10H2,1H3,(H,29,35)(H2,27,30,31,32). The van der Waals surface area contributed by atoms with Gasteiger partial charge in [0.15, 0.2) is 0 Å². The van der Waals surface area contributed by atoms with Crippen LogP contribution in [0.25, 0.3) is 11.0 Å². The molecule has 0 saturated carbocycles. The Morgan fingerprint density at radius 1 is 1.23 bits per heavy atom. The molecule has 2 atom stereocenters. The summed E-state index contributed by atoms with van der Waals surface area (Å²) >= 11 is 0. The van der Waals surface area contributed by atoms with Crippen LogP contribution in [0, 0.1) is 12.8 Å². The number of piperazine rings is 1. The molecule has 6 rings (SSSR count). The first-order valence-electron chi connectivity index (χ1n) is 11.8. The van der Waals surface area contributed by atoms with E-state index in [9.17, 15) is 4.79 Å². The van der Waals surface area contributed by atoms with Gasteiger partial charge >= 0.3 is 0 Å². The largest absolute Gasteiger partial charge is 0.368 e. The number of amides is 1. The topological polar surface area (TPSA) is 122 Å². The minimum atomic E-state index is -0.154. The van der Waals surface area contributed by atoms with Crippen LogP contribution in [0.4, 0.5) is 17.5 Å². The number of hydrogen-bond acceptors (Lipinski definition) is 8. The van der Waals surface area contributed by atoms with E-state index in [1.54, 1.807) is 6.20 Å². The molecule has 2 unspecified atom stereocenters. The maximum atomic E-state index is 13.5. The average molecular weight is 470 g/mol. The summed E-state index contributed by atoms with van der Waals surface area (Å²) in [5, 5.41) is 13.8. The van der Waals surface area contributed by atoms with Gasteiger partial charge < -0.3 is 31.3 Å². The third-order valence-electron chi connectivity index (χ3n) is 6.55. The molecule has 1 amide bonds. The number of carbonyl (C=O) groups is 1. The van der Waals surface area contributed by atoms with Crippen molar-refractivity contribution in [1.29, 1.82) is 0 Å². The summed E-state index contributed by atoms with van der Waals surface area (Å²) < 4.78 is 0. The second-order valence-electron chi connectivity index (χ2n) is 8.95. The van der Waals surface area contributed by atoms with E-state index in [-0.39, 0.29) is 17.9 Å². The van der Waals surface area contributed by atoms with E-state index in [0.717, 1.165) is 60.0 Å². The molecule has 1 saturated heterocycles. The number of hydrazone groups is 1. The van der Waals surface area contributed by atoms with E-state index in [4.69, 9.17) is 4.98 Å². The molecule has 4 heterocycles. The van der Waals surface area contributed by atoms with Crippen LogP contribution in [0.3, 0.4) is 0 Å². The number of anilines is 3. The van der Waals surface area contributed by atoms with Gasteiger partial charge in [0.05, 0.1) is 28.3 Å². The number of aromatic nitrogens is 3. The van der Waals surface area contributed by atoms with Crippen molar-refractivity contribution < 1.29 is 4.79 Å². The van der Waals surface area contributed by atoms with Gasteiger partial charge in [-0.2, -0.15) is 5.10 Å². The summed E-state index contributed by atoms with van der Waals surface area (Å²) in [6, 6.07) is 7.85. The Bertz CT molecular complexity index is 1370. The number of fused-ring (bicyclic) bond motifs is 2. The zero-order valence-corrected chi connectivity index (χ0v) is 19.4. The van der Waals surface area contributed by atoms with Crippen LogP contribution in [0.1, 0.15) is 15.9 Å². The minimum Gasteiger partial charge on any atom is -0.368 e. The number of carbonyl (C=O) groups excluding carboxylic acids is 1. The van der Waals surface area contributed by atoms with E-state index < -0.39 is 0 Å². The highest BCUT2D eigenvalue weighted by Gasteiger charge is 2.25. The summed E-state index contributed by atoms with van der Waals surface area (Å²) in [5.41, 5.74) is 7.91. The Labute approximate surface area is 202 Å². The zero-order chi connectivity index (χ0) is 23.8. The van der Waals surface area contributed by atoms with E-state index in [2.05, 4.69) is 47.4 Å². The monoisotopic (exact) mass is 469 g/mol. The number of hydrogen-bond donors (Lipinski definition) is 5. The SMILES string of the molecule is Cc1cccnc1Nc1nc2cc(N3CCNCC3)c(C(=O)NC3=CC4NN=CC4C=C3)cc2[nH]1. The fourth-order valence-electron chi connectivity index (χ4n) is 4.64. The maximum absolute atomic E-state index is 13.5. The Morgan fingerprint density at radius 2 is 2.11 bits per heavy atom. The van der Waals surface area contributed by atoms with Crippen molar-refractivity contribution in [3.63, 3.8) is 0 Å². The van der Waals surface area contributed by atoms with Crippen LogP contribution in [0.15, 0.2) is 59.5 Å². The third-order valence-corrected chi connectivity index (χ3v) is 6.55. The highest BCUT2D eigenvalue weighted by atomic mass is 16.1. The molecule has 35 heavy (non-hydrogen) atoms. The first kappa shape index (κ1) is 21.4. The normalized spacial score (nSPS) is 20.9. The van der Waals surface area contributed by atoms with Gasteiger partial charge in [-0.15, -0.1) is 0 Å². The van der Waals surface area contributed by atoms with Gasteiger partial charge in [0, 0.05) is 50.2 Å². The Hall–Kier alpha value is -4.18. The van der Waals surface area contributed by atoms with Gasteiger partial charge in [0.25, 0.3) is 5.91 Å². The lowest BCUT2D eigenvalue weighted by molar-refractivity contribution is 0.0967. The van der Waals surface area contributed by atoms with Crippen molar-refractivity contribution in [2.45, 2.75) is 13.0 Å². The molecule has 1 fully saturated rings. The Kier molecular flexibility index (Phi) is 5.42. The summed E-state index contributed by atoms with van der Waals surface area (Å²) in [4.78, 5) is 28.2. The third kappa shape index (κ3) is 4.24. The van der Waals surface area contributed by atoms with Crippen molar-refractivity contribution in [3.8, 4) is 0 Å². The van der Waals surface area contributed by atoms with Crippen LogP contribution in [-0.2, 0) is 0 Å². The molecule has 1 aliphatic carbocycles. The molecular formula is C25H27N9O. The predicted octanol–water partition coefficient (Wildman–Crippen LogP) is 2.18. The molecule has 3 aliphatic rings. The molecule has 3 aromatic rings. The van der Waals surface area contributed by atoms with Gasteiger partial charge in [-0.1, -0.05) is 12.1 Å². The summed E-state index contributed by atoms with van der Waals surface area (Å²) in [5.74, 6) is 1.40. The smallest absolute Gasteiger partial charge is 0.257 e. The van der Waals surface area contributed by atoms with Crippen molar-refractivity contribution >= 4 is 40.6 Å². The predicted molar refractivity (Wildman–Crippen MR) is 137 cm³/mol. The van der Waals surface area contributed by atoms with Gasteiger partial charge in [-0.25, -0.2) is 9.97 Å². The van der Waals surface area contributed by atoms with Crippen molar-refractivity contribution in [3.05, 3.63) is 65.5 Å². The summed E-state index contributed by atoms with van der Waals surface area (Å²) in [6.07, 6.45) is 9.62. The van der Waals surface area contributed by atoms with Crippen LogP contribution in [-0.4, -0.2) is 59.3 Å². The molecule has 178 valence electrons. The molecule has 0 spiro atoms. The van der Waals surface area contributed by atoms with Crippen molar-refractivity contribution in [1.82, 2.24) is 31.0 Å². The summed E-state index contributed by atoms with van der Waals surface area (Å²) in [7, 11) is 0. The molecule has 2 aliphatic heterocycles. The molecule has 2 aromatic heterocycles. The number of pyridine rings is 1. The number of nitrogens with zero attached hydrogens (tertiary/aromatic N) is 4. The number of allylic oxidation sites excluding steroid dienone is 1. The fraction of sp³-hybridized carbons (Fsp3) is 0.280. The fourth-order valence-corrected chi connectivity index (χ4v) is 4.64. The number of nitrogens with one attached hydrogen (secondary N) is 5. The second-order valence-corrected chi connectivity index (χ2v) is 8.95. The van der Waals surface area contributed by atoms with Gasteiger partial charge in [0.2, 0.25) is 5.95 Å². The van der Waals surface area contributed by atoms with E-state index in [0.29, 0.717) is 11.5 Å². The highest BCUT2D eigenvalue weighted by Crippen LogP contribution is 2.29. The quantitative estimate of drug-likeness (QED) is 0.388. The zero-order valence-electron chi connectivity index (χ0n) is 19.4. The van der Waals surface area contributed by atoms with Crippen LogP contribution < -0.4 is 26.3 Å². The lowest BCUT2D eigenvalue weighted by atomic mass is 9.96. The van der Waals surface area contributed by atoms with Crippen molar-refractivity contribution in [2.24, 2.45) is 11.0 Å². The summed E-state index contributed by atoms with van der Waals surface area (Å²) in [6.45, 7) is 5.37. The van der Waals surface area contributed by atoms with E-state index in [1.165, 1.54) is 0 Å². The van der Waals surface area contributed by atoms with Gasteiger partial charge in [-0.05, 0) is 42.8 Å². The molecule has 0 bridgehead atoms. The number of aromatic amines is 1. The first-order valence-corrected chi connectivity index (χ1v) is 11.8. The number of imidazole rings is 1. The van der Waals surface area contributed by atoms with Gasteiger partial charge in [-0.3, -0.25) is 4.79 Å². The van der Waals surface area contributed by atoms with Crippen LogP contribution >= 0.6 is 0 Å². The number of aryl methyl sites for hydroxylation is 1. The molecule has 5 N–H and O–H groups in total. The van der Waals surface area contributed by atoms with Crippen molar-refractivity contribution in [2.75, 3.05) is 36.4 Å². The van der Waals surface area contributed by atoms with E-state index in [1.807, 2.05) is 49.6 Å². The molecule has 1 aromatic carbocycles. The van der Waals surface area contributed by atoms with Crippen LogP contribution in [0.2, 0.25) is 0 Å². The maximum Gasteiger partial charge on any atom is 0.257 e. The van der Waals surface area contributed by atoms with E-state index >= 15 is 0 Å². The Balaban J connectivity index is 1.33. The molecule has 10 nitrogen and oxygen atoms in total. The lowest BCUT2D eigenvalue weighted by Crippen LogP contribution is -2.44. The number of benzene rings is 1. The first-order chi connectivity index (χ1) is 17.1. The second kappa shape index (κ2) is 8.88. The number of rotatable bonds is 5.